The fourth-order valence-electron chi connectivity index (χ4n) is 3.88. The van der Waals surface area contributed by atoms with Gasteiger partial charge in [-0.1, -0.05) is 0 Å². The topological polar surface area (TPSA) is 54.7 Å². The molecule has 1 unspecified atom stereocenters. The van der Waals surface area contributed by atoms with Gasteiger partial charge in [0.1, 0.15) is 12.0 Å². The molecule has 2 aromatic rings. The number of hydrogen-bond acceptors (Lipinski definition) is 4. The number of carbonyl (C=O) groups excluding carboxylic acids is 1. The van der Waals surface area contributed by atoms with E-state index < -0.39 is 11.7 Å². The van der Waals surface area contributed by atoms with Crippen molar-refractivity contribution in [3.05, 3.63) is 47.7 Å². The summed E-state index contributed by atoms with van der Waals surface area (Å²) >= 11 is 0. The molecule has 0 aliphatic carbocycles. The van der Waals surface area contributed by atoms with Crippen LogP contribution in [-0.2, 0) is 6.18 Å². The Morgan fingerprint density at radius 3 is 2.54 bits per heavy atom. The molecule has 5 rings (SSSR count). The molecule has 4 heterocycles. The van der Waals surface area contributed by atoms with Crippen molar-refractivity contribution in [1.29, 1.82) is 0 Å². The highest BCUT2D eigenvalue weighted by molar-refractivity contribution is 5.94. The van der Waals surface area contributed by atoms with Crippen LogP contribution in [-0.4, -0.2) is 36.5 Å². The molecule has 3 fully saturated rings. The summed E-state index contributed by atoms with van der Waals surface area (Å²) in [6.07, 6.45) is -0.486. The minimum absolute atomic E-state index is 0.141. The lowest BCUT2D eigenvalue weighted by Crippen LogP contribution is -2.41. The van der Waals surface area contributed by atoms with Crippen LogP contribution in [0.15, 0.2) is 41.0 Å². The number of alkyl halides is 3. The predicted molar refractivity (Wildman–Crippen MR) is 95.3 cm³/mol. The molecule has 1 aromatic heterocycles. The maximum absolute atomic E-state index is 12.6. The third kappa shape index (κ3) is 4.32. The van der Waals surface area contributed by atoms with Crippen LogP contribution in [0.4, 0.5) is 13.2 Å². The SMILES string of the molecule is O=C(NC1CC2CCN(CC2)C1)c1ccc(Oc2cc(C(F)(F)F)co2)cc1. The minimum atomic E-state index is -4.49. The lowest BCUT2D eigenvalue weighted by atomic mass is 9.94. The molecule has 1 amide bonds. The van der Waals surface area contributed by atoms with Gasteiger partial charge in [-0.15, -0.1) is 0 Å². The molecule has 150 valence electrons. The fourth-order valence-corrected chi connectivity index (χ4v) is 3.88. The normalized spacial score (nSPS) is 24.6. The monoisotopic (exact) mass is 394 g/mol. The van der Waals surface area contributed by atoms with E-state index in [0.717, 1.165) is 32.1 Å². The van der Waals surface area contributed by atoms with E-state index in [1.165, 1.54) is 25.0 Å². The molecule has 1 aromatic carbocycles. The Hall–Kier alpha value is -2.48. The number of halogens is 3. The first-order chi connectivity index (χ1) is 13.4. The molecule has 2 bridgehead atoms. The average Bonchev–Trinajstić information content (AvgIpc) is 2.95. The van der Waals surface area contributed by atoms with Crippen LogP contribution >= 0.6 is 0 Å². The number of hydrogen-bond donors (Lipinski definition) is 1. The largest absolute Gasteiger partial charge is 0.433 e. The molecule has 0 saturated carbocycles. The van der Waals surface area contributed by atoms with Crippen LogP contribution in [0.3, 0.4) is 0 Å². The van der Waals surface area contributed by atoms with E-state index in [1.807, 2.05) is 0 Å². The zero-order chi connectivity index (χ0) is 19.7. The lowest BCUT2D eigenvalue weighted by Gasteiger charge is -2.26. The number of piperidine rings is 1. The number of carbonyl (C=O) groups is 1. The number of nitrogens with zero attached hydrogens (tertiary/aromatic N) is 1. The van der Waals surface area contributed by atoms with E-state index >= 15 is 0 Å². The summed E-state index contributed by atoms with van der Waals surface area (Å²) in [4.78, 5) is 14.9. The first-order valence-electron chi connectivity index (χ1n) is 9.34. The van der Waals surface area contributed by atoms with Gasteiger partial charge in [-0.05, 0) is 62.5 Å². The number of rotatable bonds is 4. The summed E-state index contributed by atoms with van der Waals surface area (Å²) in [5.41, 5.74) is -0.430. The van der Waals surface area contributed by atoms with Crippen molar-refractivity contribution in [1.82, 2.24) is 10.2 Å². The molecule has 3 saturated heterocycles. The van der Waals surface area contributed by atoms with E-state index in [0.29, 0.717) is 23.5 Å². The van der Waals surface area contributed by atoms with Gasteiger partial charge in [0, 0.05) is 24.2 Å². The van der Waals surface area contributed by atoms with Gasteiger partial charge < -0.3 is 19.4 Å². The van der Waals surface area contributed by atoms with Crippen LogP contribution in [0, 0.1) is 5.92 Å². The fraction of sp³-hybridized carbons (Fsp3) is 0.450. The first-order valence-corrected chi connectivity index (χ1v) is 9.34. The van der Waals surface area contributed by atoms with Crippen LogP contribution < -0.4 is 10.1 Å². The van der Waals surface area contributed by atoms with Gasteiger partial charge in [0.25, 0.3) is 11.9 Å². The standard InChI is InChI=1S/C20H21F3N2O3/c21-20(22,23)15-10-18(27-12-15)28-17-3-1-14(2-4-17)19(26)24-16-9-13-5-7-25(11-16)8-6-13/h1-4,10,12-13,16H,5-9,11H2,(H,24,26). The summed E-state index contributed by atoms with van der Waals surface area (Å²) in [5, 5.41) is 3.10. The molecule has 1 N–H and O–H groups in total. The van der Waals surface area contributed by atoms with Gasteiger partial charge in [0.2, 0.25) is 0 Å². The molecule has 28 heavy (non-hydrogen) atoms. The molecule has 8 heteroatoms. The Kier molecular flexibility index (Phi) is 5.05. The Bertz CT molecular complexity index is 810. The number of furan rings is 1. The second-order valence-electron chi connectivity index (χ2n) is 7.43. The van der Waals surface area contributed by atoms with Gasteiger partial charge in [-0.2, -0.15) is 13.2 Å². The smallest absolute Gasteiger partial charge is 0.419 e. The summed E-state index contributed by atoms with van der Waals surface area (Å²) in [7, 11) is 0. The molecule has 0 radical (unpaired) electrons. The van der Waals surface area contributed by atoms with Crippen molar-refractivity contribution >= 4 is 5.91 Å². The van der Waals surface area contributed by atoms with E-state index in [1.54, 1.807) is 12.1 Å². The molecule has 5 nitrogen and oxygen atoms in total. The molecule has 0 spiro atoms. The highest BCUT2D eigenvalue weighted by Crippen LogP contribution is 2.34. The molecule has 3 aliphatic heterocycles. The maximum Gasteiger partial charge on any atom is 0.419 e. The highest BCUT2D eigenvalue weighted by atomic mass is 19.4. The molecule has 3 aliphatic rings. The number of fused-ring (bicyclic) bond motifs is 4. The van der Waals surface area contributed by atoms with Crippen molar-refractivity contribution in [2.45, 2.75) is 31.5 Å². The van der Waals surface area contributed by atoms with Crippen LogP contribution in [0.2, 0.25) is 0 Å². The second-order valence-corrected chi connectivity index (χ2v) is 7.43. The average molecular weight is 394 g/mol. The van der Waals surface area contributed by atoms with Crippen molar-refractivity contribution in [3.63, 3.8) is 0 Å². The van der Waals surface area contributed by atoms with Crippen LogP contribution in [0.1, 0.15) is 35.2 Å². The zero-order valence-electron chi connectivity index (χ0n) is 15.2. The van der Waals surface area contributed by atoms with Crippen molar-refractivity contribution in [2.75, 3.05) is 19.6 Å². The molecular formula is C20H21F3N2O3. The van der Waals surface area contributed by atoms with E-state index in [2.05, 4.69) is 10.2 Å². The number of benzene rings is 1. The van der Waals surface area contributed by atoms with Gasteiger partial charge >= 0.3 is 6.18 Å². The van der Waals surface area contributed by atoms with Crippen molar-refractivity contribution in [3.8, 4) is 11.7 Å². The lowest BCUT2D eigenvalue weighted by molar-refractivity contribution is -0.137. The van der Waals surface area contributed by atoms with Crippen molar-refractivity contribution in [2.24, 2.45) is 5.92 Å². The Labute approximate surface area is 160 Å². The zero-order valence-corrected chi connectivity index (χ0v) is 15.2. The Morgan fingerprint density at radius 1 is 1.18 bits per heavy atom. The first kappa shape index (κ1) is 18.9. The Morgan fingerprint density at radius 2 is 1.89 bits per heavy atom. The van der Waals surface area contributed by atoms with Gasteiger partial charge in [0.15, 0.2) is 0 Å². The third-order valence-corrected chi connectivity index (χ3v) is 5.38. The van der Waals surface area contributed by atoms with Crippen LogP contribution in [0.5, 0.6) is 11.7 Å². The predicted octanol–water partition coefficient (Wildman–Crippen LogP) is 4.30. The van der Waals surface area contributed by atoms with E-state index in [-0.39, 0.29) is 17.9 Å². The second kappa shape index (κ2) is 7.50. The maximum atomic E-state index is 12.6. The molecule has 1 atom stereocenters. The molecular weight excluding hydrogens is 373 g/mol. The third-order valence-electron chi connectivity index (χ3n) is 5.38. The van der Waals surface area contributed by atoms with E-state index in [4.69, 9.17) is 9.15 Å². The number of amides is 1. The summed E-state index contributed by atoms with van der Waals surface area (Å²) in [6.45, 7) is 3.08. The van der Waals surface area contributed by atoms with Gasteiger partial charge in [-0.3, -0.25) is 4.79 Å². The summed E-state index contributed by atoms with van der Waals surface area (Å²) < 4.78 is 47.8. The van der Waals surface area contributed by atoms with Crippen molar-refractivity contribution < 1.29 is 27.1 Å². The summed E-state index contributed by atoms with van der Waals surface area (Å²) in [5.74, 6) is 0.553. The van der Waals surface area contributed by atoms with Gasteiger partial charge in [0.05, 0.1) is 5.56 Å². The van der Waals surface area contributed by atoms with E-state index in [9.17, 15) is 18.0 Å². The quantitative estimate of drug-likeness (QED) is 0.840. The number of ether oxygens (including phenoxy) is 1. The summed E-state index contributed by atoms with van der Waals surface area (Å²) in [6, 6.07) is 7.17. The highest BCUT2D eigenvalue weighted by Gasteiger charge is 2.33. The van der Waals surface area contributed by atoms with Crippen LogP contribution in [0.25, 0.3) is 0 Å². The minimum Gasteiger partial charge on any atom is -0.433 e. The number of nitrogens with one attached hydrogen (secondary N) is 1. The Balaban J connectivity index is 1.36. The van der Waals surface area contributed by atoms with Gasteiger partial charge in [-0.25, -0.2) is 0 Å².